The number of amides is 2. The lowest BCUT2D eigenvalue weighted by Gasteiger charge is -2.44. The second-order valence-corrected chi connectivity index (χ2v) is 16.3. The second-order valence-electron chi connectivity index (χ2n) is 15.5. The molecule has 59 heavy (non-hydrogen) atoms. The number of hydrogen-bond acceptors (Lipinski definition) is 4. The molecule has 2 amide bonds. The maximum absolute atomic E-state index is 14.2. The Hall–Kier alpha value is -5.24. The van der Waals surface area contributed by atoms with Crippen LogP contribution in [0.4, 0.5) is 0 Å². The van der Waals surface area contributed by atoms with Crippen molar-refractivity contribution >= 4 is 35.0 Å². The molecule has 1 fully saturated rings. The first kappa shape index (κ1) is 41.9. The minimum absolute atomic E-state index is 0.158. The molecule has 0 aliphatic carbocycles. The third-order valence-electron chi connectivity index (χ3n) is 11.3. The number of nitrogens with zero attached hydrogens (tertiary/aromatic N) is 3. The van der Waals surface area contributed by atoms with E-state index in [0.29, 0.717) is 42.6 Å². The zero-order chi connectivity index (χ0) is 41.0. The predicted octanol–water partition coefficient (Wildman–Crippen LogP) is 10.7. The zero-order valence-corrected chi connectivity index (χ0v) is 35.2. The summed E-state index contributed by atoms with van der Waals surface area (Å²) in [6.07, 6.45) is 3.23. The van der Waals surface area contributed by atoms with E-state index < -0.39 is 11.8 Å². The van der Waals surface area contributed by atoms with Gasteiger partial charge in [-0.15, -0.1) is 0 Å². The van der Waals surface area contributed by atoms with Crippen LogP contribution in [0.2, 0.25) is 10.0 Å². The molecule has 0 unspecified atom stereocenters. The summed E-state index contributed by atoms with van der Waals surface area (Å²) in [5.74, 6) is -0.911. The highest BCUT2D eigenvalue weighted by Gasteiger charge is 2.42. The lowest BCUT2D eigenvalue weighted by Crippen LogP contribution is -2.60. The average Bonchev–Trinajstić information content (AvgIpc) is 3.27. The minimum atomic E-state index is -0.468. The number of carbonyl (C=O) groups is 2. The lowest BCUT2D eigenvalue weighted by molar-refractivity contribution is -0.161. The quantitative estimate of drug-likeness (QED) is 0.0693. The molecule has 302 valence electrons. The van der Waals surface area contributed by atoms with Gasteiger partial charge in [0.2, 0.25) is 0 Å². The fourth-order valence-corrected chi connectivity index (χ4v) is 8.34. The first-order valence-electron chi connectivity index (χ1n) is 20.6. The Morgan fingerprint density at radius 3 is 1.81 bits per heavy atom. The first-order valence-corrected chi connectivity index (χ1v) is 21.4. The molecule has 6 aromatic rings. The van der Waals surface area contributed by atoms with Crippen LogP contribution in [0.15, 0.2) is 158 Å². The minimum Gasteiger partial charge on any atom is -0.328 e. The van der Waals surface area contributed by atoms with E-state index in [0.717, 1.165) is 43.5 Å². The Kier molecular flexibility index (Phi) is 14.7. The van der Waals surface area contributed by atoms with Gasteiger partial charge < -0.3 is 20.0 Å². The van der Waals surface area contributed by atoms with Crippen LogP contribution in [0.5, 0.6) is 0 Å². The lowest BCUT2D eigenvalue weighted by atomic mass is 9.97. The van der Waals surface area contributed by atoms with Crippen LogP contribution in [0.25, 0.3) is 22.3 Å². The molecule has 0 radical (unpaired) electrons. The Morgan fingerprint density at radius 2 is 1.20 bits per heavy atom. The standard InChI is InChI=1S/C51H52Cl2N4O2/c1-55(36-40-22-27-44(28-23-40)42-15-7-3-8-16-42)31-12-11-19-46(35-54-34-39-20-25-43(26-21-39)41-13-5-2-6-14-41)57-37-49(45-17-9-4-10-18-45)56(50(58)51(57)59)32-30-38-24-29-47(52)48(53)33-38/h2-10,13-18,20-29,33,46,49,54H,11-12,19,30-32,34-37H2,1H3/t46-,49-/m1/s1. The number of unbranched alkanes of at least 4 members (excludes halogenated alkanes) is 1. The molecular formula is C51H52Cl2N4O2. The van der Waals surface area contributed by atoms with Crippen LogP contribution in [-0.2, 0) is 29.1 Å². The third kappa shape index (κ3) is 11.3. The topological polar surface area (TPSA) is 55.9 Å². The van der Waals surface area contributed by atoms with Gasteiger partial charge >= 0.3 is 11.8 Å². The average molecular weight is 824 g/mol. The molecule has 6 aromatic carbocycles. The van der Waals surface area contributed by atoms with Gasteiger partial charge in [-0.05, 0) is 89.5 Å². The summed E-state index contributed by atoms with van der Waals surface area (Å²) in [5, 5.41) is 4.62. The second kappa shape index (κ2) is 20.6. The van der Waals surface area contributed by atoms with Crippen LogP contribution in [0, 0.1) is 0 Å². The maximum Gasteiger partial charge on any atom is 0.312 e. The van der Waals surface area contributed by atoms with E-state index in [1.165, 1.54) is 33.4 Å². The van der Waals surface area contributed by atoms with E-state index in [-0.39, 0.29) is 12.1 Å². The highest BCUT2D eigenvalue weighted by molar-refractivity contribution is 6.42. The highest BCUT2D eigenvalue weighted by atomic mass is 35.5. The molecule has 0 spiro atoms. The van der Waals surface area contributed by atoms with Gasteiger partial charge in [-0.3, -0.25) is 9.59 Å². The van der Waals surface area contributed by atoms with Crippen molar-refractivity contribution in [3.8, 4) is 22.3 Å². The monoisotopic (exact) mass is 822 g/mol. The normalized spacial score (nSPS) is 14.9. The SMILES string of the molecule is CN(CCCC[C@H](CNCc1ccc(-c2ccccc2)cc1)N1C[C@H](c2ccccc2)N(CCc2ccc(Cl)c(Cl)c2)C(=O)C1=O)Cc1ccc(-c2ccccc2)cc1. The van der Waals surface area contributed by atoms with Crippen molar-refractivity contribution in [1.82, 2.24) is 20.0 Å². The maximum atomic E-state index is 14.2. The number of piperazine rings is 1. The van der Waals surface area contributed by atoms with Crippen molar-refractivity contribution in [3.63, 3.8) is 0 Å². The van der Waals surface area contributed by atoms with Crippen LogP contribution in [0.3, 0.4) is 0 Å². The van der Waals surface area contributed by atoms with E-state index >= 15 is 0 Å². The molecule has 6 nitrogen and oxygen atoms in total. The number of nitrogens with one attached hydrogen (secondary N) is 1. The van der Waals surface area contributed by atoms with Gasteiger partial charge in [0.1, 0.15) is 0 Å². The predicted molar refractivity (Wildman–Crippen MR) is 242 cm³/mol. The molecule has 0 aromatic heterocycles. The Balaban J connectivity index is 1.02. The first-order chi connectivity index (χ1) is 28.8. The van der Waals surface area contributed by atoms with Gasteiger partial charge in [-0.1, -0.05) is 175 Å². The van der Waals surface area contributed by atoms with Crippen molar-refractivity contribution in [2.75, 3.05) is 33.2 Å². The van der Waals surface area contributed by atoms with Gasteiger partial charge in [0.05, 0.1) is 16.1 Å². The molecule has 1 saturated heterocycles. The molecule has 2 atom stereocenters. The Morgan fingerprint density at radius 1 is 0.644 bits per heavy atom. The number of halogens is 2. The molecule has 1 aliphatic rings. The summed E-state index contributed by atoms with van der Waals surface area (Å²) in [5.41, 5.74) is 9.21. The van der Waals surface area contributed by atoms with Crippen molar-refractivity contribution < 1.29 is 9.59 Å². The van der Waals surface area contributed by atoms with E-state index in [1.807, 2.05) is 47.4 Å². The van der Waals surface area contributed by atoms with Crippen LogP contribution < -0.4 is 5.32 Å². The van der Waals surface area contributed by atoms with Gasteiger partial charge in [-0.2, -0.15) is 0 Å². The van der Waals surface area contributed by atoms with Gasteiger partial charge in [-0.25, -0.2) is 0 Å². The van der Waals surface area contributed by atoms with E-state index in [4.69, 9.17) is 23.2 Å². The molecule has 0 bridgehead atoms. The summed E-state index contributed by atoms with van der Waals surface area (Å²) >= 11 is 12.5. The number of carbonyl (C=O) groups excluding carboxylic acids is 2. The number of rotatable bonds is 18. The number of benzene rings is 6. The van der Waals surface area contributed by atoms with Crippen molar-refractivity contribution in [1.29, 1.82) is 0 Å². The largest absolute Gasteiger partial charge is 0.328 e. The van der Waals surface area contributed by atoms with Crippen LogP contribution in [-0.4, -0.2) is 65.8 Å². The Bertz CT molecular complexity index is 2250. The van der Waals surface area contributed by atoms with E-state index in [2.05, 4.69) is 126 Å². The van der Waals surface area contributed by atoms with Crippen molar-refractivity contribution in [2.45, 2.75) is 50.9 Å². The fraction of sp³-hybridized carbons (Fsp3) is 0.255. The molecule has 1 aliphatic heterocycles. The van der Waals surface area contributed by atoms with E-state index in [9.17, 15) is 9.59 Å². The summed E-state index contributed by atoms with van der Waals surface area (Å²) < 4.78 is 0. The van der Waals surface area contributed by atoms with Crippen LogP contribution in [0.1, 0.15) is 47.6 Å². The zero-order valence-electron chi connectivity index (χ0n) is 33.7. The van der Waals surface area contributed by atoms with Crippen molar-refractivity contribution in [3.05, 3.63) is 190 Å². The molecule has 1 N–H and O–H groups in total. The summed E-state index contributed by atoms with van der Waals surface area (Å²) in [6.45, 7) is 3.83. The summed E-state index contributed by atoms with van der Waals surface area (Å²) in [7, 11) is 2.16. The third-order valence-corrected chi connectivity index (χ3v) is 12.1. The smallest absolute Gasteiger partial charge is 0.312 e. The molecule has 7 rings (SSSR count). The molecule has 0 saturated carbocycles. The van der Waals surface area contributed by atoms with E-state index in [1.54, 1.807) is 11.0 Å². The van der Waals surface area contributed by atoms with Crippen LogP contribution >= 0.6 is 23.2 Å². The van der Waals surface area contributed by atoms with Gasteiger partial charge in [0.25, 0.3) is 0 Å². The fourth-order valence-electron chi connectivity index (χ4n) is 8.02. The molecule has 8 heteroatoms. The van der Waals surface area contributed by atoms with Gasteiger partial charge in [0, 0.05) is 38.8 Å². The Labute approximate surface area is 359 Å². The highest BCUT2D eigenvalue weighted by Crippen LogP contribution is 2.30. The molecular weight excluding hydrogens is 771 g/mol. The molecule has 1 heterocycles. The summed E-state index contributed by atoms with van der Waals surface area (Å²) in [4.78, 5) is 34.3. The van der Waals surface area contributed by atoms with Gasteiger partial charge in [0.15, 0.2) is 0 Å². The van der Waals surface area contributed by atoms with Crippen molar-refractivity contribution in [2.24, 2.45) is 0 Å². The number of hydrogen-bond donors (Lipinski definition) is 1. The summed E-state index contributed by atoms with van der Waals surface area (Å²) in [6, 6.07) is 53.4.